The molecule has 2 aromatic carbocycles. The van der Waals surface area contributed by atoms with Gasteiger partial charge in [-0.05, 0) is 62.6 Å². The number of hydrogen-bond acceptors (Lipinski definition) is 9. The average Bonchev–Trinajstić information content (AvgIpc) is 3.65. The summed E-state index contributed by atoms with van der Waals surface area (Å²) in [5.41, 5.74) is 6.37. The summed E-state index contributed by atoms with van der Waals surface area (Å²) in [5.74, 6) is 0.103. The fourth-order valence-corrected chi connectivity index (χ4v) is 9.67. The van der Waals surface area contributed by atoms with Crippen LogP contribution in [0.2, 0.25) is 5.02 Å². The fraction of sp³-hybridized carbons (Fsp3) is 0.485. The first-order valence-corrected chi connectivity index (χ1v) is 16.8. The van der Waals surface area contributed by atoms with Crippen LogP contribution in [0.25, 0.3) is 32.1 Å². The van der Waals surface area contributed by atoms with Gasteiger partial charge in [0.15, 0.2) is 11.6 Å². The zero-order valence-electron chi connectivity index (χ0n) is 25.1. The van der Waals surface area contributed by atoms with Crippen LogP contribution in [0.3, 0.4) is 0 Å². The van der Waals surface area contributed by atoms with Gasteiger partial charge in [0.25, 0.3) is 0 Å². The van der Waals surface area contributed by atoms with E-state index in [9.17, 15) is 9.65 Å². The number of anilines is 2. The number of halogens is 3. The third-order valence-electron chi connectivity index (χ3n) is 10.4. The van der Waals surface area contributed by atoms with Crippen molar-refractivity contribution in [3.8, 4) is 29.0 Å². The smallest absolute Gasteiger partial charge is 0.319 e. The van der Waals surface area contributed by atoms with E-state index in [0.717, 1.165) is 69.4 Å². The quantitative estimate of drug-likeness (QED) is 0.246. The van der Waals surface area contributed by atoms with Gasteiger partial charge in [-0.1, -0.05) is 31.0 Å². The summed E-state index contributed by atoms with van der Waals surface area (Å²) in [6.07, 6.45) is 6.72. The molecule has 8 nitrogen and oxygen atoms in total. The second-order valence-corrected chi connectivity index (χ2v) is 14.6. The molecule has 45 heavy (non-hydrogen) atoms. The number of fused-ring (bicyclic) bond motifs is 3. The van der Waals surface area contributed by atoms with Crippen molar-refractivity contribution in [3.63, 3.8) is 0 Å². The second kappa shape index (κ2) is 10.5. The first-order chi connectivity index (χ1) is 21.7. The number of thiophene rings is 1. The van der Waals surface area contributed by atoms with Crippen molar-refractivity contribution >= 4 is 54.7 Å². The fourth-order valence-electron chi connectivity index (χ4n) is 8.40. The van der Waals surface area contributed by atoms with E-state index in [0.29, 0.717) is 23.7 Å². The minimum atomic E-state index is -0.717. The topological polar surface area (TPSA) is 101 Å². The lowest BCUT2D eigenvalue weighted by atomic mass is 9.91. The number of nitriles is 1. The number of rotatable bonds is 4. The lowest BCUT2D eigenvalue weighted by Gasteiger charge is -2.36. The van der Waals surface area contributed by atoms with Gasteiger partial charge in [0, 0.05) is 24.5 Å². The van der Waals surface area contributed by atoms with Crippen LogP contribution in [0.1, 0.15) is 57.4 Å². The Morgan fingerprint density at radius 1 is 1.22 bits per heavy atom. The molecule has 5 heterocycles. The van der Waals surface area contributed by atoms with Gasteiger partial charge in [0.2, 0.25) is 0 Å². The van der Waals surface area contributed by atoms with Crippen molar-refractivity contribution < 1.29 is 18.3 Å². The molecule has 12 heteroatoms. The molecule has 3 aliphatic heterocycles. The van der Waals surface area contributed by atoms with E-state index < -0.39 is 11.6 Å². The standard InChI is InChI=1S/C33H33ClF2N6O2S/c1-16-12-33(10-5-11-42(33)14-16)15-43-32-39-27-24-28(44-21-7-4-3-6-20(21)41(2)31(24)40-32)25(34)23(26(27)36)17-8-9-19(35)29-22(17)18(13-37)30(38)45-29/h8-9,16,20-21H,3-7,10-12,14-15,38H2,1-2H3/t16-,20?,21?,33+/m1/s1. The SMILES string of the molecule is C[C@H]1CN2CCC[C@@]2(COc2nc3c4c(c(Cl)c(-c5ccc(F)c6sc(N)c(C#N)c56)c(F)c4n2)OC2CCCCC2N3C)C1. The molecule has 234 valence electrons. The number of nitrogens with zero attached hydrogens (tertiary/aromatic N) is 5. The van der Waals surface area contributed by atoms with Gasteiger partial charge in [-0.2, -0.15) is 15.2 Å². The Labute approximate surface area is 268 Å². The summed E-state index contributed by atoms with van der Waals surface area (Å²) in [6, 6.07) is 4.85. The summed E-state index contributed by atoms with van der Waals surface area (Å²) in [7, 11) is 1.96. The number of nitrogen functional groups attached to an aromatic ring is 1. The van der Waals surface area contributed by atoms with Crippen LogP contribution in [0.4, 0.5) is 19.6 Å². The Morgan fingerprint density at radius 3 is 2.87 bits per heavy atom. The largest absolute Gasteiger partial charge is 0.486 e. The van der Waals surface area contributed by atoms with Gasteiger partial charge in [0.1, 0.15) is 40.9 Å². The first kappa shape index (κ1) is 29.0. The van der Waals surface area contributed by atoms with E-state index in [4.69, 9.17) is 31.8 Å². The van der Waals surface area contributed by atoms with Crippen molar-refractivity contribution in [2.24, 2.45) is 5.92 Å². The highest BCUT2D eigenvalue weighted by Crippen LogP contribution is 2.52. The molecule has 4 aromatic rings. The zero-order chi connectivity index (χ0) is 31.2. The Bertz CT molecular complexity index is 1930. The van der Waals surface area contributed by atoms with Crippen molar-refractivity contribution in [3.05, 3.63) is 34.4 Å². The molecule has 0 spiro atoms. The summed E-state index contributed by atoms with van der Waals surface area (Å²) >= 11 is 8.06. The summed E-state index contributed by atoms with van der Waals surface area (Å²) in [4.78, 5) is 14.1. The lowest BCUT2D eigenvalue weighted by molar-refractivity contribution is 0.107. The maximum Gasteiger partial charge on any atom is 0.319 e. The van der Waals surface area contributed by atoms with Crippen molar-refractivity contribution in [2.45, 2.75) is 69.6 Å². The highest BCUT2D eigenvalue weighted by Gasteiger charge is 2.48. The molecule has 8 rings (SSSR count). The van der Waals surface area contributed by atoms with Crippen LogP contribution < -0.4 is 20.1 Å². The second-order valence-electron chi connectivity index (χ2n) is 13.1. The maximum atomic E-state index is 17.1. The number of ether oxygens (including phenoxy) is 2. The van der Waals surface area contributed by atoms with Crippen LogP contribution in [0.5, 0.6) is 11.8 Å². The van der Waals surface area contributed by atoms with Gasteiger partial charge >= 0.3 is 6.01 Å². The molecular formula is C33H33ClF2N6O2S. The Hall–Kier alpha value is -3.46. The third kappa shape index (κ3) is 4.29. The third-order valence-corrected chi connectivity index (χ3v) is 11.8. The highest BCUT2D eigenvalue weighted by atomic mass is 35.5. The molecule has 0 bridgehead atoms. The van der Waals surface area contributed by atoms with E-state index in [2.05, 4.69) is 27.8 Å². The molecule has 4 atom stereocenters. The van der Waals surface area contributed by atoms with Gasteiger partial charge in [0.05, 0.1) is 32.3 Å². The number of aromatic nitrogens is 2. The number of nitrogens with two attached hydrogens (primary N) is 1. The molecule has 0 radical (unpaired) electrons. The Kier molecular flexibility index (Phi) is 6.79. The van der Waals surface area contributed by atoms with Gasteiger partial charge in [-0.25, -0.2) is 8.78 Å². The van der Waals surface area contributed by atoms with Crippen LogP contribution >= 0.6 is 22.9 Å². The molecule has 4 aliphatic rings. The van der Waals surface area contributed by atoms with E-state index >= 15 is 4.39 Å². The summed E-state index contributed by atoms with van der Waals surface area (Å²) in [6.45, 7) is 4.77. The number of likely N-dealkylation sites (N-methyl/N-ethyl adjacent to an activating group) is 1. The lowest BCUT2D eigenvalue weighted by Crippen LogP contribution is -2.45. The Balaban J connectivity index is 1.35. The Morgan fingerprint density at radius 2 is 2.04 bits per heavy atom. The number of hydrogen-bond donors (Lipinski definition) is 1. The average molecular weight is 651 g/mol. The highest BCUT2D eigenvalue weighted by molar-refractivity contribution is 7.23. The van der Waals surface area contributed by atoms with Crippen LogP contribution in [0, 0.1) is 28.9 Å². The zero-order valence-corrected chi connectivity index (χ0v) is 26.7. The molecule has 2 N–H and O–H groups in total. The molecule has 2 saturated heterocycles. The first-order valence-electron chi connectivity index (χ1n) is 15.6. The molecule has 2 unspecified atom stereocenters. The van der Waals surface area contributed by atoms with Gasteiger partial charge in [-0.3, -0.25) is 4.90 Å². The van der Waals surface area contributed by atoms with Crippen LogP contribution in [-0.4, -0.2) is 59.3 Å². The number of benzene rings is 2. The minimum absolute atomic E-state index is 0.00123. The monoisotopic (exact) mass is 650 g/mol. The van der Waals surface area contributed by atoms with Crippen LogP contribution in [0.15, 0.2) is 12.1 Å². The van der Waals surface area contributed by atoms with Crippen molar-refractivity contribution in [1.82, 2.24) is 14.9 Å². The molecule has 1 aliphatic carbocycles. The van der Waals surface area contributed by atoms with E-state index in [-0.39, 0.29) is 71.8 Å². The normalized spacial score (nSPS) is 26.0. The van der Waals surface area contributed by atoms with Crippen LogP contribution in [-0.2, 0) is 0 Å². The molecule has 0 amide bonds. The molecule has 1 saturated carbocycles. The predicted molar refractivity (Wildman–Crippen MR) is 172 cm³/mol. The van der Waals surface area contributed by atoms with Gasteiger partial charge in [-0.15, -0.1) is 11.3 Å². The summed E-state index contributed by atoms with van der Waals surface area (Å²) < 4.78 is 45.3. The van der Waals surface area contributed by atoms with E-state index in [1.165, 1.54) is 12.1 Å². The van der Waals surface area contributed by atoms with Gasteiger partial charge < -0.3 is 20.1 Å². The summed E-state index contributed by atoms with van der Waals surface area (Å²) in [5, 5.41) is 10.7. The van der Waals surface area contributed by atoms with E-state index in [1.54, 1.807) is 0 Å². The minimum Gasteiger partial charge on any atom is -0.486 e. The van der Waals surface area contributed by atoms with E-state index in [1.807, 2.05) is 7.05 Å². The van der Waals surface area contributed by atoms with Crippen molar-refractivity contribution in [1.29, 1.82) is 5.26 Å². The maximum absolute atomic E-state index is 17.1. The predicted octanol–water partition coefficient (Wildman–Crippen LogP) is 7.29. The molecule has 2 aromatic heterocycles. The molecular weight excluding hydrogens is 618 g/mol. The molecule has 3 fully saturated rings. The van der Waals surface area contributed by atoms with Crippen molar-refractivity contribution in [2.75, 3.05) is 37.4 Å².